The van der Waals surface area contributed by atoms with Crippen LogP contribution in [0.5, 0.6) is 11.5 Å². The molecule has 0 unspecified atom stereocenters. The predicted molar refractivity (Wildman–Crippen MR) is 85.1 cm³/mol. The molecule has 3 nitrogen and oxygen atoms in total. The summed E-state index contributed by atoms with van der Waals surface area (Å²) in [6, 6.07) is 8.90. The molecular formula is C18H27NO2. The lowest BCUT2D eigenvalue weighted by molar-refractivity contribution is -0.0143. The van der Waals surface area contributed by atoms with E-state index in [0.717, 1.165) is 43.5 Å². The zero-order valence-corrected chi connectivity index (χ0v) is 13.1. The molecule has 1 N–H and O–H groups in total. The first-order valence-electron chi connectivity index (χ1n) is 8.45. The molecule has 0 spiro atoms. The molecule has 0 bridgehead atoms. The maximum Gasteiger partial charge on any atom is 0.120 e. The average molecular weight is 289 g/mol. The average Bonchev–Trinajstić information content (AvgIpc) is 3.28. The van der Waals surface area contributed by atoms with Crippen LogP contribution in [0.2, 0.25) is 0 Å². The van der Waals surface area contributed by atoms with E-state index in [-0.39, 0.29) is 5.60 Å². The van der Waals surface area contributed by atoms with Gasteiger partial charge in [-0.1, -0.05) is 6.92 Å². The standard InChI is InChI=1S/C18H27NO2/c1-2-14-20-16-6-8-17(9-7-16)21-18(10-3-11-18)12-13-19-15-4-5-15/h6-9,15,19H,2-5,10-14H2,1H3. The van der Waals surface area contributed by atoms with Gasteiger partial charge in [0.25, 0.3) is 0 Å². The number of ether oxygens (including phenoxy) is 2. The van der Waals surface area contributed by atoms with Gasteiger partial charge in [0, 0.05) is 6.04 Å². The van der Waals surface area contributed by atoms with E-state index in [1.165, 1.54) is 32.1 Å². The minimum atomic E-state index is 0.0771. The van der Waals surface area contributed by atoms with Crippen LogP contribution in [0.15, 0.2) is 24.3 Å². The number of benzene rings is 1. The van der Waals surface area contributed by atoms with Gasteiger partial charge in [0.15, 0.2) is 0 Å². The topological polar surface area (TPSA) is 30.5 Å². The molecule has 0 radical (unpaired) electrons. The Morgan fingerprint density at radius 1 is 1.14 bits per heavy atom. The van der Waals surface area contributed by atoms with Crippen molar-refractivity contribution in [2.24, 2.45) is 0 Å². The molecule has 1 aromatic carbocycles. The summed E-state index contributed by atoms with van der Waals surface area (Å²) in [5, 5.41) is 3.60. The first kappa shape index (κ1) is 14.7. The summed E-state index contributed by atoms with van der Waals surface area (Å²) in [7, 11) is 0. The van der Waals surface area contributed by atoms with Gasteiger partial charge in [0.2, 0.25) is 0 Å². The Kier molecular flexibility index (Phi) is 4.69. The van der Waals surface area contributed by atoms with Crippen LogP contribution in [0, 0.1) is 0 Å². The van der Waals surface area contributed by atoms with E-state index >= 15 is 0 Å². The van der Waals surface area contributed by atoms with Crippen molar-refractivity contribution >= 4 is 0 Å². The van der Waals surface area contributed by atoms with E-state index in [1.54, 1.807) is 0 Å². The normalized spacial score (nSPS) is 19.9. The van der Waals surface area contributed by atoms with Crippen LogP contribution < -0.4 is 14.8 Å². The Bertz CT molecular complexity index is 435. The van der Waals surface area contributed by atoms with E-state index < -0.39 is 0 Å². The summed E-state index contributed by atoms with van der Waals surface area (Å²) >= 11 is 0. The Morgan fingerprint density at radius 3 is 2.43 bits per heavy atom. The monoisotopic (exact) mass is 289 g/mol. The minimum absolute atomic E-state index is 0.0771. The molecule has 0 atom stereocenters. The fourth-order valence-corrected chi connectivity index (χ4v) is 2.84. The van der Waals surface area contributed by atoms with Gasteiger partial charge in [-0.2, -0.15) is 0 Å². The fraction of sp³-hybridized carbons (Fsp3) is 0.667. The van der Waals surface area contributed by atoms with Gasteiger partial charge in [-0.3, -0.25) is 0 Å². The molecule has 2 fully saturated rings. The zero-order valence-electron chi connectivity index (χ0n) is 13.1. The van der Waals surface area contributed by atoms with E-state index in [1.807, 2.05) is 24.3 Å². The molecule has 0 saturated heterocycles. The third-order valence-corrected chi connectivity index (χ3v) is 4.49. The van der Waals surface area contributed by atoms with Crippen molar-refractivity contribution in [3.63, 3.8) is 0 Å². The Labute approximate surface area is 128 Å². The summed E-state index contributed by atoms with van der Waals surface area (Å²) in [4.78, 5) is 0. The molecule has 116 valence electrons. The summed E-state index contributed by atoms with van der Waals surface area (Å²) in [6.07, 6.45) is 8.54. The van der Waals surface area contributed by atoms with Crippen molar-refractivity contribution in [1.82, 2.24) is 5.32 Å². The fourth-order valence-electron chi connectivity index (χ4n) is 2.84. The molecule has 3 heteroatoms. The molecular weight excluding hydrogens is 262 g/mol. The SMILES string of the molecule is CCCOc1ccc(OC2(CCNC3CC3)CCC2)cc1. The lowest BCUT2D eigenvalue weighted by Crippen LogP contribution is -2.45. The zero-order chi connectivity index (χ0) is 14.5. The number of hydrogen-bond acceptors (Lipinski definition) is 3. The Hall–Kier alpha value is -1.22. The van der Waals surface area contributed by atoms with Crippen LogP contribution in [-0.4, -0.2) is 24.8 Å². The first-order valence-corrected chi connectivity index (χ1v) is 8.45. The summed E-state index contributed by atoms with van der Waals surface area (Å²) in [5.74, 6) is 1.91. The second-order valence-electron chi connectivity index (χ2n) is 6.44. The largest absolute Gasteiger partial charge is 0.494 e. The third-order valence-electron chi connectivity index (χ3n) is 4.49. The third kappa shape index (κ3) is 4.13. The quantitative estimate of drug-likeness (QED) is 0.747. The van der Waals surface area contributed by atoms with Crippen molar-refractivity contribution in [3.8, 4) is 11.5 Å². The molecule has 1 aromatic rings. The summed E-state index contributed by atoms with van der Waals surface area (Å²) in [5.41, 5.74) is 0.0771. The van der Waals surface area contributed by atoms with E-state index in [2.05, 4.69) is 12.2 Å². The van der Waals surface area contributed by atoms with Crippen LogP contribution in [0.1, 0.15) is 51.9 Å². The molecule has 3 rings (SSSR count). The van der Waals surface area contributed by atoms with Crippen molar-refractivity contribution < 1.29 is 9.47 Å². The van der Waals surface area contributed by atoms with Gasteiger partial charge in [-0.25, -0.2) is 0 Å². The number of hydrogen-bond donors (Lipinski definition) is 1. The van der Waals surface area contributed by atoms with Crippen LogP contribution in [0.25, 0.3) is 0 Å². The Balaban J connectivity index is 1.50. The van der Waals surface area contributed by atoms with Crippen molar-refractivity contribution in [2.75, 3.05) is 13.2 Å². The van der Waals surface area contributed by atoms with Crippen LogP contribution in [0.4, 0.5) is 0 Å². The molecule has 2 aliphatic carbocycles. The highest BCUT2D eigenvalue weighted by Gasteiger charge is 2.39. The van der Waals surface area contributed by atoms with Crippen molar-refractivity contribution in [3.05, 3.63) is 24.3 Å². The molecule has 2 saturated carbocycles. The molecule has 0 aromatic heterocycles. The number of rotatable bonds is 9. The van der Waals surface area contributed by atoms with Gasteiger partial charge in [0.05, 0.1) is 6.61 Å². The van der Waals surface area contributed by atoms with Crippen LogP contribution >= 0.6 is 0 Å². The Morgan fingerprint density at radius 2 is 1.86 bits per heavy atom. The second kappa shape index (κ2) is 6.69. The predicted octanol–water partition coefficient (Wildman–Crippen LogP) is 3.92. The van der Waals surface area contributed by atoms with Crippen molar-refractivity contribution in [2.45, 2.75) is 63.5 Å². The van der Waals surface area contributed by atoms with Crippen LogP contribution in [0.3, 0.4) is 0 Å². The lowest BCUT2D eigenvalue weighted by atomic mass is 9.77. The molecule has 0 heterocycles. The molecule has 0 aliphatic heterocycles. The smallest absolute Gasteiger partial charge is 0.120 e. The molecule has 21 heavy (non-hydrogen) atoms. The van der Waals surface area contributed by atoms with Gasteiger partial charge in [-0.15, -0.1) is 0 Å². The second-order valence-corrected chi connectivity index (χ2v) is 6.44. The lowest BCUT2D eigenvalue weighted by Gasteiger charge is -2.42. The highest BCUT2D eigenvalue weighted by molar-refractivity contribution is 5.32. The number of nitrogens with one attached hydrogen (secondary N) is 1. The van der Waals surface area contributed by atoms with E-state index in [4.69, 9.17) is 9.47 Å². The van der Waals surface area contributed by atoms with Gasteiger partial charge >= 0.3 is 0 Å². The first-order chi connectivity index (χ1) is 10.3. The highest BCUT2D eigenvalue weighted by atomic mass is 16.5. The van der Waals surface area contributed by atoms with Gasteiger partial charge in [0.1, 0.15) is 17.1 Å². The summed E-state index contributed by atoms with van der Waals surface area (Å²) < 4.78 is 11.9. The minimum Gasteiger partial charge on any atom is -0.494 e. The maximum absolute atomic E-state index is 6.30. The van der Waals surface area contributed by atoms with E-state index in [9.17, 15) is 0 Å². The van der Waals surface area contributed by atoms with Gasteiger partial charge < -0.3 is 14.8 Å². The molecule has 2 aliphatic rings. The van der Waals surface area contributed by atoms with Gasteiger partial charge in [-0.05, 0) is 75.8 Å². The van der Waals surface area contributed by atoms with E-state index in [0.29, 0.717) is 0 Å². The highest BCUT2D eigenvalue weighted by Crippen LogP contribution is 2.39. The summed E-state index contributed by atoms with van der Waals surface area (Å²) in [6.45, 7) is 3.98. The molecule has 0 amide bonds. The van der Waals surface area contributed by atoms with Crippen LogP contribution in [-0.2, 0) is 0 Å². The maximum atomic E-state index is 6.30. The van der Waals surface area contributed by atoms with Crippen molar-refractivity contribution in [1.29, 1.82) is 0 Å².